The number of amides is 2. The average Bonchev–Trinajstić information content (AvgIpc) is 3.09. The summed E-state index contributed by atoms with van der Waals surface area (Å²) in [6.45, 7) is 13.6. The number of rotatable bonds is 2. The third kappa shape index (κ3) is 4.25. The van der Waals surface area contributed by atoms with E-state index in [1.54, 1.807) is 6.92 Å². The fourth-order valence-corrected chi connectivity index (χ4v) is 4.06. The Kier molecular flexibility index (Phi) is 5.45. The zero-order valence-electron chi connectivity index (χ0n) is 17.3. The summed E-state index contributed by atoms with van der Waals surface area (Å²) in [6, 6.07) is 4.32. The van der Waals surface area contributed by atoms with Crippen LogP contribution >= 0.6 is 0 Å². The van der Waals surface area contributed by atoms with Crippen LogP contribution in [0.15, 0.2) is 12.1 Å². The third-order valence-electron chi connectivity index (χ3n) is 5.54. The molecule has 0 bridgehead atoms. The molecule has 1 unspecified atom stereocenters. The maximum atomic E-state index is 12.9. The normalized spacial score (nSPS) is 20.9. The van der Waals surface area contributed by atoms with E-state index in [0.717, 1.165) is 62.6 Å². The second-order valence-corrected chi connectivity index (χ2v) is 8.79. The molecule has 0 N–H and O–H groups in total. The molecule has 1 atom stereocenters. The molecule has 0 aromatic carbocycles. The summed E-state index contributed by atoms with van der Waals surface area (Å²) >= 11 is 0. The second-order valence-electron chi connectivity index (χ2n) is 8.79. The minimum absolute atomic E-state index is 0.0638. The van der Waals surface area contributed by atoms with Crippen LogP contribution in [0, 0.1) is 12.3 Å². The second kappa shape index (κ2) is 7.49. The molecule has 148 valence electrons. The Morgan fingerprint density at radius 1 is 1.07 bits per heavy atom. The van der Waals surface area contributed by atoms with Crippen molar-refractivity contribution in [3.8, 4) is 0 Å². The molecule has 1 aromatic rings. The maximum Gasteiger partial charge on any atom is 0.228 e. The van der Waals surface area contributed by atoms with E-state index in [1.807, 2.05) is 37.5 Å². The van der Waals surface area contributed by atoms with Crippen LogP contribution in [0.5, 0.6) is 0 Å². The topological polar surface area (TPSA) is 56.8 Å². The number of pyridine rings is 1. The molecule has 2 fully saturated rings. The van der Waals surface area contributed by atoms with Gasteiger partial charge in [-0.25, -0.2) is 0 Å². The third-order valence-corrected chi connectivity index (χ3v) is 5.54. The fourth-order valence-electron chi connectivity index (χ4n) is 4.06. The minimum atomic E-state index is -0.377. The quantitative estimate of drug-likeness (QED) is 0.801. The van der Waals surface area contributed by atoms with Gasteiger partial charge in [0.15, 0.2) is 0 Å². The Hall–Kier alpha value is -2.11. The van der Waals surface area contributed by atoms with Crippen LogP contribution in [0.1, 0.15) is 58.0 Å². The van der Waals surface area contributed by atoms with E-state index >= 15 is 0 Å². The van der Waals surface area contributed by atoms with E-state index in [-0.39, 0.29) is 23.3 Å². The van der Waals surface area contributed by atoms with Crippen LogP contribution in [-0.2, 0) is 9.59 Å². The Balaban J connectivity index is 1.81. The first-order valence-electron chi connectivity index (χ1n) is 9.97. The van der Waals surface area contributed by atoms with Gasteiger partial charge in [0.05, 0.1) is 11.7 Å². The average molecular weight is 373 g/mol. The van der Waals surface area contributed by atoms with Crippen molar-refractivity contribution in [3.63, 3.8) is 0 Å². The summed E-state index contributed by atoms with van der Waals surface area (Å²) in [5.74, 6) is 0.341. The van der Waals surface area contributed by atoms with Crippen LogP contribution in [0.4, 0.5) is 5.69 Å². The lowest BCUT2D eigenvalue weighted by atomic mass is 9.94. The van der Waals surface area contributed by atoms with Crippen LogP contribution < -0.4 is 4.90 Å². The number of piperazine rings is 1. The first kappa shape index (κ1) is 19.6. The summed E-state index contributed by atoms with van der Waals surface area (Å²) < 4.78 is 0. The smallest absolute Gasteiger partial charge is 0.228 e. The van der Waals surface area contributed by atoms with Crippen molar-refractivity contribution in [2.75, 3.05) is 37.6 Å². The first-order chi connectivity index (χ1) is 12.7. The SMILES string of the molecule is CC(=O)N1CCN(c2cc(C)nc(C3CCCN3C(=O)C(C)(C)C)c2)CC1. The van der Waals surface area contributed by atoms with Crippen molar-refractivity contribution in [3.05, 3.63) is 23.5 Å². The van der Waals surface area contributed by atoms with Crippen molar-refractivity contribution >= 4 is 17.5 Å². The Morgan fingerprint density at radius 3 is 2.33 bits per heavy atom. The lowest BCUT2D eigenvalue weighted by Crippen LogP contribution is -2.48. The van der Waals surface area contributed by atoms with Gasteiger partial charge in [-0.2, -0.15) is 0 Å². The molecular formula is C21H32N4O2. The van der Waals surface area contributed by atoms with Gasteiger partial charge < -0.3 is 14.7 Å². The highest BCUT2D eigenvalue weighted by Gasteiger charge is 2.36. The lowest BCUT2D eigenvalue weighted by Gasteiger charge is -2.36. The highest BCUT2D eigenvalue weighted by atomic mass is 16.2. The number of carbonyl (C=O) groups is 2. The summed E-state index contributed by atoms with van der Waals surface area (Å²) in [5, 5.41) is 0. The van der Waals surface area contributed by atoms with Gasteiger partial charge in [0.2, 0.25) is 11.8 Å². The van der Waals surface area contributed by atoms with Gasteiger partial charge in [0, 0.05) is 56.4 Å². The van der Waals surface area contributed by atoms with Gasteiger partial charge in [0.1, 0.15) is 0 Å². The molecule has 2 aliphatic heterocycles. The first-order valence-corrected chi connectivity index (χ1v) is 9.97. The molecule has 6 nitrogen and oxygen atoms in total. The van der Waals surface area contributed by atoms with Crippen LogP contribution in [0.25, 0.3) is 0 Å². The van der Waals surface area contributed by atoms with Crippen molar-refractivity contribution in [2.45, 2.75) is 53.5 Å². The number of carbonyl (C=O) groups excluding carboxylic acids is 2. The van der Waals surface area contributed by atoms with E-state index in [0.29, 0.717) is 0 Å². The molecule has 0 aliphatic carbocycles. The molecule has 2 aliphatic rings. The molecule has 0 saturated carbocycles. The maximum absolute atomic E-state index is 12.9. The van der Waals surface area contributed by atoms with Crippen LogP contribution in [-0.4, -0.2) is 59.3 Å². The molecule has 3 heterocycles. The number of aryl methyl sites for hydroxylation is 1. The molecule has 3 rings (SSSR count). The number of aromatic nitrogens is 1. The predicted molar refractivity (Wildman–Crippen MR) is 107 cm³/mol. The largest absolute Gasteiger partial charge is 0.368 e. The molecular weight excluding hydrogens is 340 g/mol. The summed E-state index contributed by atoms with van der Waals surface area (Å²) in [5.41, 5.74) is 2.74. The Labute approximate surface area is 162 Å². The minimum Gasteiger partial charge on any atom is -0.368 e. The molecule has 2 saturated heterocycles. The van der Waals surface area contributed by atoms with Crippen molar-refractivity contribution in [2.24, 2.45) is 5.41 Å². The zero-order chi connectivity index (χ0) is 19.8. The Bertz CT molecular complexity index is 717. The molecule has 2 amide bonds. The van der Waals surface area contributed by atoms with E-state index in [1.165, 1.54) is 0 Å². The van der Waals surface area contributed by atoms with Gasteiger partial charge in [0.25, 0.3) is 0 Å². The van der Waals surface area contributed by atoms with E-state index < -0.39 is 0 Å². The zero-order valence-corrected chi connectivity index (χ0v) is 17.3. The predicted octanol–water partition coefficient (Wildman–Crippen LogP) is 2.77. The fraction of sp³-hybridized carbons (Fsp3) is 0.667. The molecule has 6 heteroatoms. The van der Waals surface area contributed by atoms with E-state index in [2.05, 4.69) is 17.0 Å². The number of likely N-dealkylation sites (tertiary alicyclic amines) is 1. The lowest BCUT2D eigenvalue weighted by molar-refractivity contribution is -0.140. The highest BCUT2D eigenvalue weighted by Crippen LogP contribution is 2.36. The van der Waals surface area contributed by atoms with Gasteiger partial charge in [-0.3, -0.25) is 14.6 Å². The summed E-state index contributed by atoms with van der Waals surface area (Å²) in [7, 11) is 0. The Morgan fingerprint density at radius 2 is 1.74 bits per heavy atom. The van der Waals surface area contributed by atoms with Crippen LogP contribution in [0.3, 0.4) is 0 Å². The van der Waals surface area contributed by atoms with Gasteiger partial charge in [-0.05, 0) is 31.9 Å². The molecule has 27 heavy (non-hydrogen) atoms. The number of anilines is 1. The molecule has 0 spiro atoms. The van der Waals surface area contributed by atoms with Crippen molar-refractivity contribution < 1.29 is 9.59 Å². The van der Waals surface area contributed by atoms with E-state index in [4.69, 9.17) is 4.98 Å². The summed E-state index contributed by atoms with van der Waals surface area (Å²) in [6.07, 6.45) is 1.99. The monoisotopic (exact) mass is 372 g/mol. The highest BCUT2D eigenvalue weighted by molar-refractivity contribution is 5.82. The van der Waals surface area contributed by atoms with E-state index in [9.17, 15) is 9.59 Å². The van der Waals surface area contributed by atoms with Gasteiger partial charge >= 0.3 is 0 Å². The van der Waals surface area contributed by atoms with Gasteiger partial charge in [-0.15, -0.1) is 0 Å². The number of nitrogens with zero attached hydrogens (tertiary/aromatic N) is 4. The number of hydrogen-bond acceptors (Lipinski definition) is 4. The summed E-state index contributed by atoms with van der Waals surface area (Å²) in [4.78, 5) is 35.5. The van der Waals surface area contributed by atoms with Gasteiger partial charge in [-0.1, -0.05) is 20.8 Å². The molecule has 0 radical (unpaired) electrons. The standard InChI is InChI=1S/C21H32N4O2/c1-15-13-17(24-11-9-23(10-12-24)16(2)26)14-18(22-15)19-7-6-8-25(19)20(27)21(3,4)5/h13-14,19H,6-12H2,1-5H3. The number of hydrogen-bond donors (Lipinski definition) is 0. The van der Waals surface area contributed by atoms with Crippen LogP contribution in [0.2, 0.25) is 0 Å². The van der Waals surface area contributed by atoms with Crippen molar-refractivity contribution in [1.82, 2.24) is 14.8 Å². The van der Waals surface area contributed by atoms with Crippen molar-refractivity contribution in [1.29, 1.82) is 0 Å². The molecule has 1 aromatic heterocycles.